The number of carbonyl (C=O) groups excluding carboxylic acids is 2. The van der Waals surface area contributed by atoms with Crippen LogP contribution in [-0.2, 0) is 11.3 Å². The second-order valence-electron chi connectivity index (χ2n) is 5.16. The van der Waals surface area contributed by atoms with Gasteiger partial charge in [-0.3, -0.25) is 9.59 Å². The first kappa shape index (κ1) is 16.7. The fourth-order valence-corrected chi connectivity index (χ4v) is 2.84. The summed E-state index contributed by atoms with van der Waals surface area (Å²) < 4.78 is 0.933. The van der Waals surface area contributed by atoms with Gasteiger partial charge >= 0.3 is 0 Å². The number of carbonyl (C=O) groups is 2. The van der Waals surface area contributed by atoms with Gasteiger partial charge in [0.25, 0.3) is 5.91 Å². The Morgan fingerprint density at radius 1 is 1.23 bits per heavy atom. The van der Waals surface area contributed by atoms with Gasteiger partial charge in [0.2, 0.25) is 5.91 Å². The first-order valence-corrected chi connectivity index (χ1v) is 8.55. The number of hydrogen-bond donors (Lipinski definition) is 2. The Bertz CT molecular complexity index is 665. The number of anilines is 1. The third kappa shape index (κ3) is 4.68. The molecule has 0 bridgehead atoms. The van der Waals surface area contributed by atoms with Crippen LogP contribution in [0.15, 0.2) is 39.5 Å². The quantitative estimate of drug-likeness (QED) is 0.822. The van der Waals surface area contributed by atoms with E-state index in [0.717, 1.165) is 15.0 Å². The van der Waals surface area contributed by atoms with Crippen molar-refractivity contribution >= 4 is 44.8 Å². The highest BCUT2D eigenvalue weighted by atomic mass is 79.9. The van der Waals surface area contributed by atoms with E-state index in [2.05, 4.69) is 26.6 Å². The van der Waals surface area contributed by atoms with Crippen LogP contribution in [0.1, 0.15) is 29.8 Å². The third-order valence-corrected chi connectivity index (χ3v) is 4.53. The lowest BCUT2D eigenvalue weighted by Gasteiger charge is -2.09. The Hall–Kier alpha value is -1.66. The van der Waals surface area contributed by atoms with Crippen molar-refractivity contribution in [2.24, 2.45) is 5.92 Å². The highest BCUT2D eigenvalue weighted by molar-refractivity contribution is 9.11. The molecule has 4 nitrogen and oxygen atoms in total. The fourth-order valence-electron chi connectivity index (χ4n) is 1.71. The van der Waals surface area contributed by atoms with Crippen LogP contribution in [0.25, 0.3) is 0 Å². The van der Waals surface area contributed by atoms with E-state index >= 15 is 0 Å². The number of benzene rings is 1. The average Bonchev–Trinajstić information content (AvgIpc) is 2.92. The van der Waals surface area contributed by atoms with E-state index in [9.17, 15) is 9.59 Å². The van der Waals surface area contributed by atoms with E-state index in [1.807, 2.05) is 43.5 Å². The van der Waals surface area contributed by atoms with Crippen LogP contribution in [0.4, 0.5) is 5.69 Å². The van der Waals surface area contributed by atoms with Gasteiger partial charge in [-0.15, -0.1) is 11.3 Å². The molecule has 0 radical (unpaired) electrons. The summed E-state index contributed by atoms with van der Waals surface area (Å²) in [6.07, 6.45) is 0. The second-order valence-corrected chi connectivity index (χ2v) is 7.45. The highest BCUT2D eigenvalue weighted by Gasteiger charge is 2.08. The molecule has 1 heterocycles. The molecular formula is C16H17BrN2O2S. The number of halogens is 1. The van der Waals surface area contributed by atoms with Gasteiger partial charge in [0.05, 0.1) is 9.35 Å². The molecule has 0 unspecified atom stereocenters. The predicted molar refractivity (Wildman–Crippen MR) is 93.1 cm³/mol. The number of amides is 2. The smallest absolute Gasteiger partial charge is 0.252 e. The number of rotatable bonds is 5. The van der Waals surface area contributed by atoms with Crippen molar-refractivity contribution in [3.05, 3.63) is 50.6 Å². The molecule has 0 aliphatic heterocycles. The van der Waals surface area contributed by atoms with Crippen LogP contribution < -0.4 is 10.6 Å². The lowest BCUT2D eigenvalue weighted by atomic mass is 10.1. The van der Waals surface area contributed by atoms with Gasteiger partial charge in [-0.1, -0.05) is 26.0 Å². The fraction of sp³-hybridized carbons (Fsp3) is 0.250. The first-order chi connectivity index (χ1) is 10.5. The molecule has 0 saturated heterocycles. The summed E-state index contributed by atoms with van der Waals surface area (Å²) in [5, 5.41) is 7.51. The summed E-state index contributed by atoms with van der Waals surface area (Å²) in [5.74, 6) is -0.160. The minimum atomic E-state index is -0.0980. The Labute approximate surface area is 142 Å². The van der Waals surface area contributed by atoms with Crippen molar-refractivity contribution in [1.82, 2.24) is 5.32 Å². The molecule has 0 aliphatic rings. The molecule has 2 N–H and O–H groups in total. The van der Waals surface area contributed by atoms with E-state index in [4.69, 9.17) is 0 Å². The second kappa shape index (κ2) is 7.56. The Balaban J connectivity index is 1.89. The van der Waals surface area contributed by atoms with Crippen molar-refractivity contribution in [3.63, 3.8) is 0 Å². The van der Waals surface area contributed by atoms with Gasteiger partial charge in [0.15, 0.2) is 0 Å². The molecule has 22 heavy (non-hydrogen) atoms. The molecule has 2 rings (SSSR count). The standard InChI is InChI=1S/C16H17BrN2O2S/c1-10(2)15(20)19-13-5-3-11(4-6-13)8-18-16(21)12-7-14(17)22-9-12/h3-7,9-10H,8H2,1-2H3,(H,18,21)(H,19,20). The molecular weight excluding hydrogens is 364 g/mol. The van der Waals surface area contributed by atoms with Gasteiger partial charge in [-0.2, -0.15) is 0 Å². The van der Waals surface area contributed by atoms with Gasteiger partial charge < -0.3 is 10.6 Å². The maximum absolute atomic E-state index is 11.9. The number of hydrogen-bond acceptors (Lipinski definition) is 3. The summed E-state index contributed by atoms with van der Waals surface area (Å²) in [6.45, 7) is 4.15. The molecule has 2 aromatic rings. The normalized spacial score (nSPS) is 10.5. The molecule has 1 aromatic heterocycles. The Morgan fingerprint density at radius 3 is 2.45 bits per heavy atom. The zero-order valence-corrected chi connectivity index (χ0v) is 14.8. The van der Waals surface area contributed by atoms with E-state index in [0.29, 0.717) is 12.1 Å². The first-order valence-electron chi connectivity index (χ1n) is 6.87. The molecule has 2 amide bonds. The molecule has 0 fully saturated rings. The van der Waals surface area contributed by atoms with Crippen molar-refractivity contribution in [2.45, 2.75) is 20.4 Å². The zero-order chi connectivity index (χ0) is 16.1. The van der Waals surface area contributed by atoms with Gasteiger partial charge in [-0.05, 0) is 39.7 Å². The summed E-state index contributed by atoms with van der Waals surface area (Å²) >= 11 is 4.82. The molecule has 116 valence electrons. The summed E-state index contributed by atoms with van der Waals surface area (Å²) in [5.41, 5.74) is 2.39. The lowest BCUT2D eigenvalue weighted by Crippen LogP contribution is -2.22. The Morgan fingerprint density at radius 2 is 1.91 bits per heavy atom. The van der Waals surface area contributed by atoms with Crippen LogP contribution in [0.3, 0.4) is 0 Å². The monoisotopic (exact) mass is 380 g/mol. The summed E-state index contributed by atoms with van der Waals surface area (Å²) in [6, 6.07) is 9.25. The lowest BCUT2D eigenvalue weighted by molar-refractivity contribution is -0.118. The molecule has 0 spiro atoms. The van der Waals surface area contributed by atoms with Crippen LogP contribution in [0.2, 0.25) is 0 Å². The van der Waals surface area contributed by atoms with Crippen molar-refractivity contribution < 1.29 is 9.59 Å². The van der Waals surface area contributed by atoms with E-state index in [1.165, 1.54) is 11.3 Å². The van der Waals surface area contributed by atoms with Gasteiger partial charge in [0.1, 0.15) is 0 Å². The van der Waals surface area contributed by atoms with Crippen LogP contribution >= 0.6 is 27.3 Å². The third-order valence-electron chi connectivity index (χ3n) is 3.03. The SMILES string of the molecule is CC(C)C(=O)Nc1ccc(CNC(=O)c2csc(Br)c2)cc1. The topological polar surface area (TPSA) is 58.2 Å². The van der Waals surface area contributed by atoms with Crippen molar-refractivity contribution in [1.29, 1.82) is 0 Å². The molecule has 0 aliphatic carbocycles. The van der Waals surface area contributed by atoms with Crippen molar-refractivity contribution in [3.8, 4) is 0 Å². The molecule has 0 atom stereocenters. The van der Waals surface area contributed by atoms with Crippen molar-refractivity contribution in [2.75, 3.05) is 5.32 Å². The predicted octanol–water partition coefficient (Wildman–Crippen LogP) is 4.04. The van der Waals surface area contributed by atoms with Gasteiger partial charge in [-0.25, -0.2) is 0 Å². The van der Waals surface area contributed by atoms with Gasteiger partial charge in [0, 0.05) is 23.5 Å². The zero-order valence-electron chi connectivity index (χ0n) is 12.4. The maximum Gasteiger partial charge on any atom is 0.252 e. The van der Waals surface area contributed by atoms with Crippen LogP contribution in [0.5, 0.6) is 0 Å². The number of nitrogens with one attached hydrogen (secondary N) is 2. The highest BCUT2D eigenvalue weighted by Crippen LogP contribution is 2.20. The minimum absolute atomic E-state index is 0.0101. The van der Waals surface area contributed by atoms with E-state index in [1.54, 1.807) is 6.07 Å². The summed E-state index contributed by atoms with van der Waals surface area (Å²) in [4.78, 5) is 23.5. The molecule has 1 aromatic carbocycles. The number of thiophene rings is 1. The van der Waals surface area contributed by atoms with E-state index < -0.39 is 0 Å². The van der Waals surface area contributed by atoms with Crippen LogP contribution in [0, 0.1) is 5.92 Å². The maximum atomic E-state index is 11.9. The average molecular weight is 381 g/mol. The van der Waals surface area contributed by atoms with Crippen LogP contribution in [-0.4, -0.2) is 11.8 Å². The molecule has 6 heteroatoms. The largest absolute Gasteiger partial charge is 0.348 e. The Kier molecular flexibility index (Phi) is 5.74. The molecule has 0 saturated carbocycles. The minimum Gasteiger partial charge on any atom is -0.348 e. The summed E-state index contributed by atoms with van der Waals surface area (Å²) in [7, 11) is 0. The van der Waals surface area contributed by atoms with E-state index in [-0.39, 0.29) is 17.7 Å².